The van der Waals surface area contributed by atoms with Crippen LogP contribution in [-0.4, -0.2) is 48.9 Å². The molecule has 0 bridgehead atoms. The number of carbonyl (C=O) groups excluding carboxylic acids is 2. The van der Waals surface area contributed by atoms with Crippen molar-refractivity contribution in [3.8, 4) is 0 Å². The maximum absolute atomic E-state index is 12.4. The molecule has 2 aliphatic heterocycles. The molecule has 0 atom stereocenters. The first-order chi connectivity index (χ1) is 10.5. The summed E-state index contributed by atoms with van der Waals surface area (Å²) in [6.07, 6.45) is 3.11. The molecule has 2 saturated heterocycles. The van der Waals surface area contributed by atoms with E-state index in [0.29, 0.717) is 18.8 Å². The molecule has 2 N–H and O–H groups in total. The Bertz CT molecular complexity index is 569. The van der Waals surface area contributed by atoms with Crippen molar-refractivity contribution in [3.05, 3.63) is 23.7 Å². The van der Waals surface area contributed by atoms with Crippen LogP contribution in [0, 0.1) is 12.3 Å². The van der Waals surface area contributed by atoms with Gasteiger partial charge in [0.1, 0.15) is 0 Å². The van der Waals surface area contributed by atoms with Gasteiger partial charge in [-0.1, -0.05) is 0 Å². The predicted molar refractivity (Wildman–Crippen MR) is 81.5 cm³/mol. The highest BCUT2D eigenvalue weighted by Crippen LogP contribution is 2.26. The average Bonchev–Trinajstić information content (AvgIpc) is 2.91. The minimum absolute atomic E-state index is 0.105. The van der Waals surface area contributed by atoms with E-state index in [1.807, 2.05) is 18.7 Å². The molecule has 0 aliphatic carbocycles. The second kappa shape index (κ2) is 5.76. The van der Waals surface area contributed by atoms with Crippen LogP contribution in [0.4, 0.5) is 0 Å². The molecule has 2 fully saturated rings. The van der Waals surface area contributed by atoms with E-state index in [1.165, 1.54) is 6.26 Å². The van der Waals surface area contributed by atoms with Crippen LogP contribution in [-0.2, 0) is 4.79 Å². The van der Waals surface area contributed by atoms with Crippen molar-refractivity contribution < 1.29 is 14.0 Å². The number of furan rings is 1. The standard InChI is InChI=1S/C16H23N3O3/c1-11-5-8-22-13(11)14(20)18-12-3-6-19(7-4-12)15(21)16(2)9-17-10-16/h5,8,12,17H,3-4,6-7,9-10H2,1-2H3,(H,18,20). The zero-order chi connectivity index (χ0) is 15.7. The Balaban J connectivity index is 1.51. The van der Waals surface area contributed by atoms with Gasteiger partial charge >= 0.3 is 0 Å². The smallest absolute Gasteiger partial charge is 0.287 e. The lowest BCUT2D eigenvalue weighted by molar-refractivity contribution is -0.145. The molecule has 1 aromatic heterocycles. The Labute approximate surface area is 130 Å². The first-order valence-electron chi connectivity index (χ1n) is 7.85. The number of likely N-dealkylation sites (tertiary alicyclic amines) is 1. The van der Waals surface area contributed by atoms with E-state index in [-0.39, 0.29) is 23.3 Å². The van der Waals surface area contributed by atoms with Gasteiger partial charge in [-0.3, -0.25) is 9.59 Å². The summed E-state index contributed by atoms with van der Waals surface area (Å²) >= 11 is 0. The van der Waals surface area contributed by atoms with Crippen LogP contribution in [0.25, 0.3) is 0 Å². The lowest BCUT2D eigenvalue weighted by Gasteiger charge is -2.43. The topological polar surface area (TPSA) is 74.6 Å². The van der Waals surface area contributed by atoms with E-state index in [1.54, 1.807) is 6.07 Å². The van der Waals surface area contributed by atoms with Crippen LogP contribution in [0.15, 0.2) is 16.7 Å². The molecule has 3 rings (SSSR count). The summed E-state index contributed by atoms with van der Waals surface area (Å²) in [6.45, 7) is 6.81. The average molecular weight is 305 g/mol. The third kappa shape index (κ3) is 2.75. The second-order valence-electron chi connectivity index (χ2n) is 6.64. The van der Waals surface area contributed by atoms with Crippen molar-refractivity contribution in [3.63, 3.8) is 0 Å². The molecular weight excluding hydrogens is 282 g/mol. The number of hydrogen-bond acceptors (Lipinski definition) is 4. The number of piperidine rings is 1. The fraction of sp³-hybridized carbons (Fsp3) is 0.625. The van der Waals surface area contributed by atoms with Gasteiger partial charge in [-0.2, -0.15) is 0 Å². The number of rotatable bonds is 3. The molecule has 6 heteroatoms. The van der Waals surface area contributed by atoms with Crippen molar-refractivity contribution in [2.24, 2.45) is 5.41 Å². The number of nitrogens with one attached hydrogen (secondary N) is 2. The number of amides is 2. The van der Waals surface area contributed by atoms with E-state index >= 15 is 0 Å². The summed E-state index contributed by atoms with van der Waals surface area (Å²) in [7, 11) is 0. The maximum Gasteiger partial charge on any atom is 0.287 e. The van der Waals surface area contributed by atoms with Gasteiger partial charge < -0.3 is 20.0 Å². The van der Waals surface area contributed by atoms with Crippen LogP contribution in [0.5, 0.6) is 0 Å². The zero-order valence-electron chi connectivity index (χ0n) is 13.1. The normalized spacial score (nSPS) is 21.3. The van der Waals surface area contributed by atoms with Crippen molar-refractivity contribution in [2.45, 2.75) is 32.7 Å². The second-order valence-corrected chi connectivity index (χ2v) is 6.64. The summed E-state index contributed by atoms with van der Waals surface area (Å²) < 4.78 is 5.21. The Morgan fingerprint density at radius 2 is 2.05 bits per heavy atom. The van der Waals surface area contributed by atoms with Gasteiger partial charge in [0, 0.05) is 37.8 Å². The Morgan fingerprint density at radius 1 is 1.36 bits per heavy atom. The number of aryl methyl sites for hydroxylation is 1. The van der Waals surface area contributed by atoms with Gasteiger partial charge in [0.2, 0.25) is 5.91 Å². The minimum Gasteiger partial charge on any atom is -0.459 e. The molecule has 0 aromatic carbocycles. The highest BCUT2D eigenvalue weighted by atomic mass is 16.3. The van der Waals surface area contributed by atoms with Crippen LogP contribution >= 0.6 is 0 Å². The van der Waals surface area contributed by atoms with Crippen molar-refractivity contribution >= 4 is 11.8 Å². The summed E-state index contributed by atoms with van der Waals surface area (Å²) in [6, 6.07) is 1.89. The first kappa shape index (κ1) is 15.1. The summed E-state index contributed by atoms with van der Waals surface area (Å²) in [4.78, 5) is 26.5. The molecule has 120 valence electrons. The summed E-state index contributed by atoms with van der Waals surface area (Å²) in [5.74, 6) is 0.451. The van der Waals surface area contributed by atoms with Crippen LogP contribution in [0.1, 0.15) is 35.9 Å². The van der Waals surface area contributed by atoms with E-state index in [2.05, 4.69) is 10.6 Å². The number of hydrogen-bond donors (Lipinski definition) is 2. The molecule has 3 heterocycles. The van der Waals surface area contributed by atoms with Crippen LogP contribution in [0.3, 0.4) is 0 Å². The lowest BCUT2D eigenvalue weighted by atomic mass is 9.82. The lowest BCUT2D eigenvalue weighted by Crippen LogP contribution is -2.61. The molecule has 2 aliphatic rings. The Hall–Kier alpha value is -1.82. The monoisotopic (exact) mass is 305 g/mol. The molecule has 0 saturated carbocycles. The highest BCUT2D eigenvalue weighted by molar-refractivity contribution is 5.93. The van der Waals surface area contributed by atoms with Crippen LogP contribution in [0.2, 0.25) is 0 Å². The van der Waals surface area contributed by atoms with Gasteiger partial charge in [0.05, 0.1) is 11.7 Å². The summed E-state index contributed by atoms with van der Waals surface area (Å²) in [5.41, 5.74) is 0.608. The van der Waals surface area contributed by atoms with Gasteiger partial charge in [-0.25, -0.2) is 0 Å². The number of nitrogens with zero attached hydrogens (tertiary/aromatic N) is 1. The van der Waals surface area contributed by atoms with Gasteiger partial charge in [0.15, 0.2) is 5.76 Å². The summed E-state index contributed by atoms with van der Waals surface area (Å²) in [5, 5.41) is 6.17. The Morgan fingerprint density at radius 3 is 2.55 bits per heavy atom. The van der Waals surface area contributed by atoms with E-state index in [4.69, 9.17) is 4.42 Å². The minimum atomic E-state index is -0.235. The van der Waals surface area contributed by atoms with Crippen molar-refractivity contribution in [1.29, 1.82) is 0 Å². The Kier molecular flexibility index (Phi) is 3.95. The molecule has 0 unspecified atom stereocenters. The molecule has 0 radical (unpaired) electrons. The molecule has 2 amide bonds. The molecular formula is C16H23N3O3. The van der Waals surface area contributed by atoms with Crippen LogP contribution < -0.4 is 10.6 Å². The maximum atomic E-state index is 12.4. The third-order valence-electron chi connectivity index (χ3n) is 4.73. The van der Waals surface area contributed by atoms with Gasteiger partial charge in [-0.05, 0) is 32.8 Å². The van der Waals surface area contributed by atoms with Gasteiger partial charge in [-0.15, -0.1) is 0 Å². The number of carbonyl (C=O) groups is 2. The molecule has 22 heavy (non-hydrogen) atoms. The third-order valence-corrected chi connectivity index (χ3v) is 4.73. The van der Waals surface area contributed by atoms with Crippen molar-refractivity contribution in [1.82, 2.24) is 15.5 Å². The van der Waals surface area contributed by atoms with Gasteiger partial charge in [0.25, 0.3) is 5.91 Å². The first-order valence-corrected chi connectivity index (χ1v) is 7.85. The predicted octanol–water partition coefficient (Wildman–Crippen LogP) is 0.918. The fourth-order valence-corrected chi connectivity index (χ4v) is 3.12. The quantitative estimate of drug-likeness (QED) is 0.871. The molecule has 0 spiro atoms. The highest BCUT2D eigenvalue weighted by Gasteiger charge is 2.42. The zero-order valence-corrected chi connectivity index (χ0v) is 13.1. The van der Waals surface area contributed by atoms with E-state index in [0.717, 1.165) is 31.5 Å². The largest absolute Gasteiger partial charge is 0.459 e. The van der Waals surface area contributed by atoms with E-state index in [9.17, 15) is 9.59 Å². The molecule has 1 aromatic rings. The fourth-order valence-electron chi connectivity index (χ4n) is 3.12. The van der Waals surface area contributed by atoms with Crippen molar-refractivity contribution in [2.75, 3.05) is 26.2 Å². The van der Waals surface area contributed by atoms with E-state index < -0.39 is 0 Å². The SMILES string of the molecule is Cc1ccoc1C(=O)NC1CCN(C(=O)C2(C)CNC2)CC1. The molecule has 6 nitrogen and oxygen atoms in total.